The number of carbonyl (C=O) groups is 2. The van der Waals surface area contributed by atoms with Crippen LogP contribution in [0.2, 0.25) is 0 Å². The first-order valence-electron chi connectivity index (χ1n) is 4.89. The smallest absolute Gasteiger partial charge is 0.308 e. The molecule has 7 nitrogen and oxygen atoms in total. The average molecular weight is 226 g/mol. The molecule has 0 radical (unpaired) electrons. The van der Waals surface area contributed by atoms with Gasteiger partial charge in [-0.05, 0) is 5.92 Å². The van der Waals surface area contributed by atoms with Crippen molar-refractivity contribution in [3.63, 3.8) is 0 Å². The van der Waals surface area contributed by atoms with Crippen molar-refractivity contribution in [1.29, 1.82) is 0 Å². The largest absolute Gasteiger partial charge is 0.481 e. The van der Waals surface area contributed by atoms with Crippen LogP contribution in [0.3, 0.4) is 0 Å². The van der Waals surface area contributed by atoms with Gasteiger partial charge in [-0.3, -0.25) is 9.59 Å². The number of nitrogens with zero attached hydrogens (tertiary/aromatic N) is 2. The van der Waals surface area contributed by atoms with Crippen LogP contribution in [0.15, 0.2) is 6.20 Å². The van der Waals surface area contributed by atoms with Gasteiger partial charge in [0.25, 0.3) is 5.91 Å². The standard InChI is InChI=1S/C9H14N4O3/c1-5(2)6(9(15)16)3-10-8(14)7-4-11-13-12-7/h4-6H,3H2,1-2H3,(H,10,14)(H,15,16)(H,11,12,13). The third-order valence-corrected chi connectivity index (χ3v) is 2.25. The topological polar surface area (TPSA) is 108 Å². The molecule has 0 aromatic carbocycles. The van der Waals surface area contributed by atoms with E-state index in [0.717, 1.165) is 0 Å². The number of H-pyrrole nitrogens is 1. The molecule has 0 fully saturated rings. The molecule has 16 heavy (non-hydrogen) atoms. The summed E-state index contributed by atoms with van der Waals surface area (Å²) in [7, 11) is 0. The number of aromatic amines is 1. The Morgan fingerprint density at radius 1 is 1.56 bits per heavy atom. The SMILES string of the molecule is CC(C)C(CNC(=O)c1cn[nH]n1)C(=O)O. The van der Waals surface area contributed by atoms with Crippen molar-refractivity contribution in [3.05, 3.63) is 11.9 Å². The molecule has 1 aromatic rings. The van der Waals surface area contributed by atoms with Crippen molar-refractivity contribution in [2.75, 3.05) is 6.54 Å². The number of hydrogen-bond acceptors (Lipinski definition) is 4. The van der Waals surface area contributed by atoms with E-state index < -0.39 is 17.8 Å². The molecule has 3 N–H and O–H groups in total. The zero-order chi connectivity index (χ0) is 12.1. The van der Waals surface area contributed by atoms with Crippen molar-refractivity contribution < 1.29 is 14.7 Å². The van der Waals surface area contributed by atoms with Gasteiger partial charge < -0.3 is 10.4 Å². The summed E-state index contributed by atoms with van der Waals surface area (Å²) in [5.74, 6) is -2.00. The number of nitrogens with one attached hydrogen (secondary N) is 2. The lowest BCUT2D eigenvalue weighted by atomic mass is 9.96. The average Bonchev–Trinajstić information content (AvgIpc) is 2.69. The van der Waals surface area contributed by atoms with E-state index >= 15 is 0 Å². The van der Waals surface area contributed by atoms with Gasteiger partial charge in [0.15, 0.2) is 5.69 Å². The molecule has 1 unspecified atom stereocenters. The fraction of sp³-hybridized carbons (Fsp3) is 0.556. The van der Waals surface area contributed by atoms with E-state index in [9.17, 15) is 9.59 Å². The highest BCUT2D eigenvalue weighted by molar-refractivity contribution is 5.92. The lowest BCUT2D eigenvalue weighted by molar-refractivity contribution is -0.142. The summed E-state index contributed by atoms with van der Waals surface area (Å²) in [6.07, 6.45) is 1.28. The number of hydrogen-bond donors (Lipinski definition) is 3. The second kappa shape index (κ2) is 5.24. The number of aromatic nitrogens is 3. The highest BCUT2D eigenvalue weighted by Crippen LogP contribution is 2.09. The van der Waals surface area contributed by atoms with Crippen LogP contribution in [0.4, 0.5) is 0 Å². The lowest BCUT2D eigenvalue weighted by Crippen LogP contribution is -2.35. The summed E-state index contributed by atoms with van der Waals surface area (Å²) in [5, 5.41) is 20.8. The van der Waals surface area contributed by atoms with Gasteiger partial charge in [-0.15, -0.1) is 0 Å². The quantitative estimate of drug-likeness (QED) is 0.649. The summed E-state index contributed by atoms with van der Waals surface area (Å²) in [4.78, 5) is 22.3. The predicted octanol–water partition coefficient (Wildman–Crippen LogP) is -0.109. The zero-order valence-corrected chi connectivity index (χ0v) is 9.10. The molecule has 1 atom stereocenters. The van der Waals surface area contributed by atoms with Gasteiger partial charge >= 0.3 is 5.97 Å². The van der Waals surface area contributed by atoms with Gasteiger partial charge in [0.05, 0.1) is 12.1 Å². The summed E-state index contributed by atoms with van der Waals surface area (Å²) < 4.78 is 0. The number of carboxylic acid groups (broad SMARTS) is 1. The lowest BCUT2D eigenvalue weighted by Gasteiger charge is -2.16. The maximum Gasteiger partial charge on any atom is 0.308 e. The normalized spacial score (nSPS) is 12.4. The maximum atomic E-state index is 11.4. The summed E-state index contributed by atoms with van der Waals surface area (Å²) in [6, 6.07) is 0. The molecular formula is C9H14N4O3. The third kappa shape index (κ3) is 3.04. The van der Waals surface area contributed by atoms with Crippen LogP contribution < -0.4 is 5.32 Å². The Kier molecular flexibility index (Phi) is 3.98. The molecule has 0 aliphatic carbocycles. The van der Waals surface area contributed by atoms with Crippen molar-refractivity contribution in [2.24, 2.45) is 11.8 Å². The molecule has 0 aliphatic heterocycles. The Hall–Kier alpha value is -1.92. The summed E-state index contributed by atoms with van der Waals surface area (Å²) in [5.41, 5.74) is 0.146. The Bertz CT molecular complexity index is 361. The molecule has 1 aromatic heterocycles. The Morgan fingerprint density at radius 2 is 2.25 bits per heavy atom. The van der Waals surface area contributed by atoms with Crippen molar-refractivity contribution in [2.45, 2.75) is 13.8 Å². The highest BCUT2D eigenvalue weighted by atomic mass is 16.4. The molecule has 1 rings (SSSR count). The number of amides is 1. The Morgan fingerprint density at radius 3 is 2.69 bits per heavy atom. The summed E-state index contributed by atoms with van der Waals surface area (Å²) >= 11 is 0. The molecule has 0 saturated carbocycles. The van der Waals surface area contributed by atoms with Crippen molar-refractivity contribution in [3.8, 4) is 0 Å². The maximum absolute atomic E-state index is 11.4. The van der Waals surface area contributed by atoms with Crippen LogP contribution in [0.5, 0.6) is 0 Å². The van der Waals surface area contributed by atoms with Crippen LogP contribution in [-0.4, -0.2) is 38.9 Å². The Labute approximate surface area is 92.2 Å². The molecule has 0 bridgehead atoms. The minimum Gasteiger partial charge on any atom is -0.481 e. The van der Waals surface area contributed by atoms with Crippen LogP contribution in [0.1, 0.15) is 24.3 Å². The molecule has 88 valence electrons. The van der Waals surface area contributed by atoms with Gasteiger partial charge in [-0.2, -0.15) is 15.4 Å². The fourth-order valence-corrected chi connectivity index (χ4v) is 1.21. The van der Waals surface area contributed by atoms with E-state index in [1.807, 2.05) is 0 Å². The van der Waals surface area contributed by atoms with Crippen molar-refractivity contribution in [1.82, 2.24) is 20.7 Å². The van der Waals surface area contributed by atoms with Crippen LogP contribution in [0.25, 0.3) is 0 Å². The molecule has 1 amide bonds. The number of carbonyl (C=O) groups excluding carboxylic acids is 1. The fourth-order valence-electron chi connectivity index (χ4n) is 1.21. The molecular weight excluding hydrogens is 212 g/mol. The first-order chi connectivity index (χ1) is 7.52. The molecule has 0 aliphatic rings. The first-order valence-corrected chi connectivity index (χ1v) is 4.89. The monoisotopic (exact) mass is 226 g/mol. The van der Waals surface area contributed by atoms with Gasteiger partial charge in [0, 0.05) is 6.54 Å². The second-order valence-electron chi connectivity index (χ2n) is 3.75. The Balaban J connectivity index is 2.50. The number of aliphatic carboxylic acids is 1. The van der Waals surface area contributed by atoms with Crippen LogP contribution in [-0.2, 0) is 4.79 Å². The minimum absolute atomic E-state index is 0.0462. The van der Waals surface area contributed by atoms with Gasteiger partial charge in [-0.1, -0.05) is 13.8 Å². The molecule has 0 spiro atoms. The van der Waals surface area contributed by atoms with E-state index in [2.05, 4.69) is 20.7 Å². The predicted molar refractivity (Wildman–Crippen MR) is 54.7 cm³/mol. The zero-order valence-electron chi connectivity index (χ0n) is 9.10. The van der Waals surface area contributed by atoms with Gasteiger partial charge in [-0.25, -0.2) is 0 Å². The molecule has 0 saturated heterocycles. The first kappa shape index (κ1) is 12.2. The third-order valence-electron chi connectivity index (χ3n) is 2.25. The van der Waals surface area contributed by atoms with Crippen LogP contribution in [0, 0.1) is 11.8 Å². The highest BCUT2D eigenvalue weighted by Gasteiger charge is 2.22. The summed E-state index contributed by atoms with van der Waals surface area (Å²) in [6.45, 7) is 3.67. The van der Waals surface area contributed by atoms with E-state index in [1.54, 1.807) is 13.8 Å². The number of carboxylic acids is 1. The minimum atomic E-state index is -0.921. The molecule has 7 heteroatoms. The van der Waals surface area contributed by atoms with Crippen LogP contribution >= 0.6 is 0 Å². The second-order valence-corrected chi connectivity index (χ2v) is 3.75. The number of rotatable bonds is 5. The van der Waals surface area contributed by atoms with E-state index in [1.165, 1.54) is 6.20 Å². The van der Waals surface area contributed by atoms with Gasteiger partial charge in [0.2, 0.25) is 0 Å². The van der Waals surface area contributed by atoms with Gasteiger partial charge in [0.1, 0.15) is 0 Å². The van der Waals surface area contributed by atoms with E-state index in [-0.39, 0.29) is 18.2 Å². The molecule has 1 heterocycles. The van der Waals surface area contributed by atoms with Crippen molar-refractivity contribution >= 4 is 11.9 Å². The van der Waals surface area contributed by atoms with E-state index in [4.69, 9.17) is 5.11 Å². The van der Waals surface area contributed by atoms with E-state index in [0.29, 0.717) is 0 Å².